The lowest BCUT2D eigenvalue weighted by Crippen LogP contribution is -2.02. The summed E-state index contributed by atoms with van der Waals surface area (Å²) in [4.78, 5) is 3.92. The van der Waals surface area contributed by atoms with E-state index in [1.165, 1.54) is 18.3 Å². The highest BCUT2D eigenvalue weighted by molar-refractivity contribution is 5.68. The van der Waals surface area contributed by atoms with Gasteiger partial charge in [0.25, 0.3) is 0 Å². The first kappa shape index (κ1) is 12.4. The normalized spacial score (nSPS) is 10.4. The molecule has 0 atom stereocenters. The Morgan fingerprint density at radius 2 is 1.83 bits per heavy atom. The van der Waals surface area contributed by atoms with E-state index >= 15 is 0 Å². The van der Waals surface area contributed by atoms with Crippen molar-refractivity contribution in [2.45, 2.75) is 0 Å². The van der Waals surface area contributed by atoms with Gasteiger partial charge in [0.1, 0.15) is 24.9 Å². The zero-order chi connectivity index (χ0) is 13.0. The molecular formula is C13H10F3NO. The summed E-state index contributed by atoms with van der Waals surface area (Å²) >= 11 is 0. The van der Waals surface area contributed by atoms with Gasteiger partial charge in [-0.15, -0.1) is 0 Å². The number of ether oxygens (including phenoxy) is 1. The number of nitrogens with zero attached hydrogens (tertiary/aromatic N) is 1. The van der Waals surface area contributed by atoms with Gasteiger partial charge in [-0.3, -0.25) is 0 Å². The van der Waals surface area contributed by atoms with Crippen LogP contribution < -0.4 is 4.74 Å². The average Bonchev–Trinajstić information content (AvgIpc) is 2.35. The molecule has 0 N–H and O–H groups in total. The average molecular weight is 253 g/mol. The molecule has 2 rings (SSSR count). The Balaban J connectivity index is 2.42. The summed E-state index contributed by atoms with van der Waals surface area (Å²) in [6, 6.07) is 6.34. The van der Waals surface area contributed by atoms with Crippen LogP contribution in [-0.2, 0) is 0 Å². The molecule has 0 aliphatic carbocycles. The monoisotopic (exact) mass is 253 g/mol. The zero-order valence-corrected chi connectivity index (χ0v) is 9.37. The molecule has 0 aliphatic rings. The van der Waals surface area contributed by atoms with Crippen molar-refractivity contribution in [1.82, 2.24) is 4.98 Å². The fraction of sp³-hybridized carbons (Fsp3) is 0.154. The first-order valence-electron chi connectivity index (χ1n) is 5.31. The van der Waals surface area contributed by atoms with E-state index in [-0.39, 0.29) is 12.5 Å². The van der Waals surface area contributed by atoms with Gasteiger partial charge in [-0.05, 0) is 29.8 Å². The predicted molar refractivity (Wildman–Crippen MR) is 61.1 cm³/mol. The topological polar surface area (TPSA) is 22.1 Å². The Labute approximate surface area is 102 Å². The van der Waals surface area contributed by atoms with Crippen LogP contribution in [0.25, 0.3) is 11.1 Å². The molecule has 0 saturated heterocycles. The van der Waals surface area contributed by atoms with Crippen LogP contribution in [0.15, 0.2) is 36.5 Å². The number of rotatable bonds is 4. The molecule has 0 radical (unpaired) electrons. The SMILES string of the molecule is FCCOc1ncccc1-c1cc(F)cc(F)c1. The molecule has 18 heavy (non-hydrogen) atoms. The number of hydrogen-bond acceptors (Lipinski definition) is 2. The van der Waals surface area contributed by atoms with Crippen LogP contribution in [0, 0.1) is 11.6 Å². The summed E-state index contributed by atoms with van der Waals surface area (Å²) in [5, 5.41) is 0. The zero-order valence-electron chi connectivity index (χ0n) is 9.37. The van der Waals surface area contributed by atoms with Crippen molar-refractivity contribution >= 4 is 0 Å². The van der Waals surface area contributed by atoms with Crippen molar-refractivity contribution in [3.05, 3.63) is 48.2 Å². The van der Waals surface area contributed by atoms with E-state index in [0.717, 1.165) is 6.07 Å². The first-order valence-corrected chi connectivity index (χ1v) is 5.31. The second kappa shape index (κ2) is 5.53. The molecule has 0 amide bonds. The molecule has 0 spiro atoms. The van der Waals surface area contributed by atoms with Gasteiger partial charge in [-0.1, -0.05) is 0 Å². The number of hydrogen-bond donors (Lipinski definition) is 0. The summed E-state index contributed by atoms with van der Waals surface area (Å²) in [6.45, 7) is -0.810. The molecule has 2 nitrogen and oxygen atoms in total. The largest absolute Gasteiger partial charge is 0.474 e. The highest BCUT2D eigenvalue weighted by Gasteiger charge is 2.09. The third kappa shape index (κ3) is 2.80. The second-order valence-electron chi connectivity index (χ2n) is 3.55. The molecule has 1 aromatic carbocycles. The lowest BCUT2D eigenvalue weighted by atomic mass is 10.1. The van der Waals surface area contributed by atoms with Crippen LogP contribution in [0.1, 0.15) is 0 Å². The van der Waals surface area contributed by atoms with E-state index in [0.29, 0.717) is 11.1 Å². The number of pyridine rings is 1. The molecule has 2 aromatic rings. The van der Waals surface area contributed by atoms with Crippen molar-refractivity contribution in [1.29, 1.82) is 0 Å². The lowest BCUT2D eigenvalue weighted by Gasteiger charge is -2.09. The summed E-state index contributed by atoms with van der Waals surface area (Å²) in [5.41, 5.74) is 0.721. The number of benzene rings is 1. The molecule has 0 fully saturated rings. The third-order valence-electron chi connectivity index (χ3n) is 2.26. The smallest absolute Gasteiger partial charge is 0.221 e. The van der Waals surface area contributed by atoms with E-state index in [9.17, 15) is 13.2 Å². The van der Waals surface area contributed by atoms with Crippen LogP contribution in [-0.4, -0.2) is 18.3 Å². The van der Waals surface area contributed by atoms with Crippen LogP contribution >= 0.6 is 0 Å². The van der Waals surface area contributed by atoms with Crippen molar-refractivity contribution in [2.24, 2.45) is 0 Å². The van der Waals surface area contributed by atoms with Crippen LogP contribution in [0.3, 0.4) is 0 Å². The Hall–Kier alpha value is -2.04. The van der Waals surface area contributed by atoms with Crippen molar-refractivity contribution in [2.75, 3.05) is 13.3 Å². The van der Waals surface area contributed by atoms with E-state index in [4.69, 9.17) is 4.74 Å². The molecule has 5 heteroatoms. The quantitative estimate of drug-likeness (QED) is 0.833. The number of halogens is 3. The Bertz CT molecular complexity index is 525. The Morgan fingerprint density at radius 3 is 2.50 bits per heavy atom. The molecule has 1 aromatic heterocycles. The fourth-order valence-electron chi connectivity index (χ4n) is 1.57. The molecule has 1 heterocycles. The molecular weight excluding hydrogens is 243 g/mol. The number of alkyl halides is 1. The van der Waals surface area contributed by atoms with E-state index < -0.39 is 18.3 Å². The van der Waals surface area contributed by atoms with Crippen LogP contribution in [0.2, 0.25) is 0 Å². The highest BCUT2D eigenvalue weighted by Crippen LogP contribution is 2.28. The van der Waals surface area contributed by atoms with Gasteiger partial charge in [0, 0.05) is 17.8 Å². The van der Waals surface area contributed by atoms with Crippen molar-refractivity contribution < 1.29 is 17.9 Å². The fourth-order valence-corrected chi connectivity index (χ4v) is 1.57. The summed E-state index contributed by atoms with van der Waals surface area (Å²) in [5.74, 6) is -1.23. The lowest BCUT2D eigenvalue weighted by molar-refractivity contribution is 0.265. The van der Waals surface area contributed by atoms with Gasteiger partial charge in [0.05, 0.1) is 0 Å². The Kier molecular flexibility index (Phi) is 3.82. The second-order valence-corrected chi connectivity index (χ2v) is 3.55. The van der Waals surface area contributed by atoms with Crippen LogP contribution in [0.5, 0.6) is 5.88 Å². The summed E-state index contributed by atoms with van der Waals surface area (Å²) < 4.78 is 43.4. The minimum Gasteiger partial charge on any atom is -0.474 e. The third-order valence-corrected chi connectivity index (χ3v) is 2.26. The van der Waals surface area contributed by atoms with Gasteiger partial charge in [-0.25, -0.2) is 18.2 Å². The van der Waals surface area contributed by atoms with Crippen LogP contribution in [0.4, 0.5) is 13.2 Å². The molecule has 94 valence electrons. The predicted octanol–water partition coefficient (Wildman–Crippen LogP) is 3.38. The van der Waals surface area contributed by atoms with Gasteiger partial charge in [-0.2, -0.15) is 0 Å². The molecule has 0 aliphatic heterocycles. The van der Waals surface area contributed by atoms with E-state index in [1.807, 2.05) is 0 Å². The number of aromatic nitrogens is 1. The van der Waals surface area contributed by atoms with E-state index in [1.54, 1.807) is 12.1 Å². The minimum atomic E-state index is -0.690. The van der Waals surface area contributed by atoms with Crippen molar-refractivity contribution in [3.63, 3.8) is 0 Å². The van der Waals surface area contributed by atoms with E-state index in [2.05, 4.69) is 4.98 Å². The maximum absolute atomic E-state index is 13.1. The highest BCUT2D eigenvalue weighted by atomic mass is 19.1. The molecule has 0 unspecified atom stereocenters. The first-order chi connectivity index (χ1) is 8.70. The maximum atomic E-state index is 13.1. The molecule has 0 saturated carbocycles. The van der Waals surface area contributed by atoms with Gasteiger partial charge < -0.3 is 4.74 Å². The van der Waals surface area contributed by atoms with Gasteiger partial charge in [0.2, 0.25) is 5.88 Å². The Morgan fingerprint density at radius 1 is 1.11 bits per heavy atom. The van der Waals surface area contributed by atoms with Gasteiger partial charge >= 0.3 is 0 Å². The summed E-state index contributed by atoms with van der Waals surface area (Å²) in [7, 11) is 0. The summed E-state index contributed by atoms with van der Waals surface area (Å²) in [6.07, 6.45) is 1.46. The maximum Gasteiger partial charge on any atom is 0.221 e. The standard InChI is InChI=1S/C13H10F3NO/c14-3-5-18-13-12(2-1-4-17-13)9-6-10(15)8-11(16)7-9/h1-2,4,6-8H,3,5H2. The van der Waals surface area contributed by atoms with Crippen molar-refractivity contribution in [3.8, 4) is 17.0 Å². The van der Waals surface area contributed by atoms with Gasteiger partial charge in [0.15, 0.2) is 0 Å². The molecule has 0 bridgehead atoms. The minimum absolute atomic E-state index is 0.151.